The lowest BCUT2D eigenvalue weighted by molar-refractivity contribution is 1.37. The normalized spacial score (nSPS) is 8.27. The third-order valence-corrected chi connectivity index (χ3v) is 3.95. The van der Waals surface area contributed by atoms with Crippen LogP contribution in [0, 0.1) is 22.7 Å². The van der Waals surface area contributed by atoms with E-state index in [1.807, 2.05) is 68.8 Å². The minimum atomic E-state index is 0.729. The summed E-state index contributed by atoms with van der Waals surface area (Å²) in [4.78, 5) is 2.18. The van der Waals surface area contributed by atoms with Gasteiger partial charge in [0.15, 0.2) is 0 Å². The van der Waals surface area contributed by atoms with E-state index in [0.29, 0.717) is 0 Å². The molecule has 0 aliphatic carbocycles. The number of thioether (sulfide) groups is 2. The van der Waals surface area contributed by atoms with Gasteiger partial charge < -0.3 is 0 Å². The predicted octanol–water partition coefficient (Wildman–Crippen LogP) is 5.59. The molecule has 0 atom stereocenters. The maximum atomic E-state index is 8.59. The third-order valence-electron chi connectivity index (χ3n) is 2.43. The van der Waals surface area contributed by atoms with E-state index < -0.39 is 0 Å². The molecule has 0 spiro atoms. The average molecular weight is 329 g/mol. The van der Waals surface area contributed by atoms with Crippen LogP contribution in [0.3, 0.4) is 0 Å². The number of hydrogen-bond donors (Lipinski definition) is 0. The Bertz CT molecular complexity index is 640. The molecule has 0 bridgehead atoms. The van der Waals surface area contributed by atoms with Gasteiger partial charge in [0.05, 0.1) is 17.2 Å². The highest BCUT2D eigenvalue weighted by molar-refractivity contribution is 7.98. The first-order valence-corrected chi connectivity index (χ1v) is 9.27. The molecule has 2 aromatic rings. The predicted molar refractivity (Wildman–Crippen MR) is 97.2 cm³/mol. The van der Waals surface area contributed by atoms with Crippen molar-refractivity contribution in [2.75, 3.05) is 12.5 Å². The fourth-order valence-electron chi connectivity index (χ4n) is 1.43. The van der Waals surface area contributed by atoms with Gasteiger partial charge in [0.25, 0.3) is 0 Å². The zero-order chi connectivity index (χ0) is 16.8. The van der Waals surface area contributed by atoms with E-state index in [0.717, 1.165) is 20.9 Å². The lowest BCUT2D eigenvalue weighted by Gasteiger charge is -1.95. The molecule has 2 rings (SSSR count). The standard InChI is InChI=1S/2C8H7NS.C2H6/c1-10-8-4-2-3-7(5-8)6-9;1-10-8-5-3-2-4-7(8)6-9;1-2/h2*2-5H,1H3;1-2H3. The molecule has 0 aliphatic rings. The van der Waals surface area contributed by atoms with E-state index in [2.05, 4.69) is 12.1 Å². The Morgan fingerprint density at radius 2 is 1.50 bits per heavy atom. The van der Waals surface area contributed by atoms with Crippen LogP contribution in [0.1, 0.15) is 25.0 Å². The van der Waals surface area contributed by atoms with Gasteiger partial charge in [-0.25, -0.2) is 0 Å². The molecule has 114 valence electrons. The molecule has 0 saturated carbocycles. The largest absolute Gasteiger partial charge is 0.192 e. The molecule has 4 heteroatoms. The zero-order valence-corrected chi connectivity index (χ0v) is 15.0. The van der Waals surface area contributed by atoms with Crippen LogP contribution >= 0.6 is 23.5 Å². The van der Waals surface area contributed by atoms with Gasteiger partial charge in [-0.2, -0.15) is 10.5 Å². The van der Waals surface area contributed by atoms with Crippen LogP contribution in [0.15, 0.2) is 58.3 Å². The second-order valence-electron chi connectivity index (χ2n) is 3.66. The maximum Gasteiger partial charge on any atom is 0.100 e. The number of rotatable bonds is 2. The highest BCUT2D eigenvalue weighted by atomic mass is 32.2. The van der Waals surface area contributed by atoms with Gasteiger partial charge in [0.2, 0.25) is 0 Å². The quantitative estimate of drug-likeness (QED) is 0.674. The SMILES string of the molecule is CC.CSc1cccc(C#N)c1.CSc1ccccc1C#N. The van der Waals surface area contributed by atoms with Gasteiger partial charge in [0.1, 0.15) is 6.07 Å². The van der Waals surface area contributed by atoms with Gasteiger partial charge in [-0.05, 0) is 42.8 Å². The number of nitriles is 2. The van der Waals surface area contributed by atoms with E-state index in [-0.39, 0.29) is 0 Å². The molecular weight excluding hydrogens is 308 g/mol. The van der Waals surface area contributed by atoms with Gasteiger partial charge >= 0.3 is 0 Å². The van der Waals surface area contributed by atoms with Gasteiger partial charge in [0, 0.05) is 9.79 Å². The molecule has 0 aromatic heterocycles. The van der Waals surface area contributed by atoms with Crippen molar-refractivity contribution in [1.29, 1.82) is 10.5 Å². The van der Waals surface area contributed by atoms with Crippen LogP contribution in [-0.4, -0.2) is 12.5 Å². The van der Waals surface area contributed by atoms with Crippen LogP contribution < -0.4 is 0 Å². The summed E-state index contributed by atoms with van der Waals surface area (Å²) >= 11 is 3.24. The number of benzene rings is 2. The summed E-state index contributed by atoms with van der Waals surface area (Å²) in [6.07, 6.45) is 3.96. The molecule has 2 nitrogen and oxygen atoms in total. The van der Waals surface area contributed by atoms with E-state index >= 15 is 0 Å². The summed E-state index contributed by atoms with van der Waals surface area (Å²) in [5.41, 5.74) is 1.49. The summed E-state index contributed by atoms with van der Waals surface area (Å²) in [7, 11) is 0. The smallest absolute Gasteiger partial charge is 0.100 e. The number of hydrogen-bond acceptors (Lipinski definition) is 4. The second-order valence-corrected chi connectivity index (χ2v) is 5.38. The molecule has 0 saturated heterocycles. The van der Waals surface area contributed by atoms with Gasteiger partial charge in [-0.3, -0.25) is 0 Å². The fourth-order valence-corrected chi connectivity index (χ4v) is 2.44. The summed E-state index contributed by atoms with van der Waals surface area (Å²) in [5.74, 6) is 0. The van der Waals surface area contributed by atoms with Crippen molar-refractivity contribution in [3.05, 3.63) is 59.7 Å². The first-order chi connectivity index (χ1) is 10.7. The monoisotopic (exact) mass is 328 g/mol. The Kier molecular flexibility index (Phi) is 11.7. The first-order valence-electron chi connectivity index (χ1n) is 6.82. The molecule has 0 heterocycles. The summed E-state index contributed by atoms with van der Waals surface area (Å²) in [6, 6.07) is 19.4. The second kappa shape index (κ2) is 12.8. The van der Waals surface area contributed by atoms with Crippen molar-refractivity contribution in [3.8, 4) is 12.1 Å². The van der Waals surface area contributed by atoms with Crippen LogP contribution in [-0.2, 0) is 0 Å². The van der Waals surface area contributed by atoms with Crippen molar-refractivity contribution in [2.24, 2.45) is 0 Å². The van der Waals surface area contributed by atoms with Crippen molar-refractivity contribution in [3.63, 3.8) is 0 Å². The summed E-state index contributed by atoms with van der Waals surface area (Å²) in [6.45, 7) is 4.00. The zero-order valence-electron chi connectivity index (χ0n) is 13.3. The number of nitrogens with zero attached hydrogens (tertiary/aromatic N) is 2. The van der Waals surface area contributed by atoms with Crippen LogP contribution in [0.2, 0.25) is 0 Å². The van der Waals surface area contributed by atoms with Crippen molar-refractivity contribution in [2.45, 2.75) is 23.6 Å². The van der Waals surface area contributed by atoms with Crippen molar-refractivity contribution < 1.29 is 0 Å². The molecule has 0 aliphatic heterocycles. The van der Waals surface area contributed by atoms with E-state index in [1.54, 1.807) is 29.6 Å². The van der Waals surface area contributed by atoms with Crippen molar-refractivity contribution >= 4 is 23.5 Å². The Morgan fingerprint density at radius 3 is 2.00 bits per heavy atom. The summed E-state index contributed by atoms with van der Waals surface area (Å²) in [5, 5.41) is 17.1. The Morgan fingerprint density at radius 1 is 0.818 bits per heavy atom. The average Bonchev–Trinajstić information content (AvgIpc) is 2.63. The minimum absolute atomic E-state index is 0.729. The topological polar surface area (TPSA) is 47.6 Å². The molecule has 0 fully saturated rings. The Labute approximate surface area is 142 Å². The molecule has 0 amide bonds. The Balaban J connectivity index is 0.000000360. The highest BCUT2D eigenvalue weighted by Crippen LogP contribution is 2.18. The maximum absolute atomic E-state index is 8.59. The molecule has 2 aromatic carbocycles. The van der Waals surface area contributed by atoms with Gasteiger partial charge in [-0.15, -0.1) is 23.5 Å². The lowest BCUT2D eigenvalue weighted by atomic mass is 10.2. The van der Waals surface area contributed by atoms with E-state index in [9.17, 15) is 0 Å². The molecule has 0 N–H and O–H groups in total. The van der Waals surface area contributed by atoms with Crippen LogP contribution in [0.5, 0.6) is 0 Å². The van der Waals surface area contributed by atoms with E-state index in [1.165, 1.54) is 0 Å². The summed E-state index contributed by atoms with van der Waals surface area (Å²) < 4.78 is 0. The molecular formula is C18H20N2S2. The molecule has 0 radical (unpaired) electrons. The minimum Gasteiger partial charge on any atom is -0.192 e. The van der Waals surface area contributed by atoms with E-state index in [4.69, 9.17) is 10.5 Å². The van der Waals surface area contributed by atoms with Crippen molar-refractivity contribution in [1.82, 2.24) is 0 Å². The third kappa shape index (κ3) is 7.22. The first kappa shape index (κ1) is 20.1. The van der Waals surface area contributed by atoms with Gasteiger partial charge in [-0.1, -0.05) is 32.0 Å². The van der Waals surface area contributed by atoms with Crippen LogP contribution in [0.4, 0.5) is 0 Å². The Hall–Kier alpha value is -1.88. The highest BCUT2D eigenvalue weighted by Gasteiger charge is 1.95. The van der Waals surface area contributed by atoms with Crippen LogP contribution in [0.25, 0.3) is 0 Å². The fraction of sp³-hybridized carbons (Fsp3) is 0.222. The molecule has 0 unspecified atom stereocenters. The molecule has 22 heavy (non-hydrogen) atoms. The lowest BCUT2D eigenvalue weighted by Crippen LogP contribution is -1.76.